The number of carbonyl (C=O) groups excluding carboxylic acids is 1. The number of alkyl halides is 3. The number of halogens is 3. The van der Waals surface area contributed by atoms with Crippen LogP contribution in [-0.4, -0.2) is 28.5 Å². The number of benzene rings is 3. The minimum Gasteiger partial charge on any atom is -0.326 e. The summed E-state index contributed by atoms with van der Waals surface area (Å²) < 4.78 is 41.9. The van der Waals surface area contributed by atoms with Crippen molar-refractivity contribution in [2.75, 3.05) is 18.4 Å². The Morgan fingerprint density at radius 3 is 2.45 bits per heavy atom. The summed E-state index contributed by atoms with van der Waals surface area (Å²) in [6.07, 6.45) is -0.388. The lowest BCUT2D eigenvalue weighted by Crippen LogP contribution is -2.32. The second kappa shape index (κ2) is 10.7. The van der Waals surface area contributed by atoms with Crippen molar-refractivity contribution in [3.63, 3.8) is 0 Å². The fraction of sp³-hybridized carbons (Fsp3) is 0.323. The first kappa shape index (κ1) is 26.0. The molecule has 1 fully saturated rings. The van der Waals surface area contributed by atoms with Gasteiger partial charge in [-0.1, -0.05) is 50.2 Å². The van der Waals surface area contributed by atoms with Crippen LogP contribution in [0.4, 0.5) is 18.9 Å². The van der Waals surface area contributed by atoms with Crippen LogP contribution in [0.5, 0.6) is 0 Å². The number of rotatable bonds is 6. The maximum absolute atomic E-state index is 13.3. The summed E-state index contributed by atoms with van der Waals surface area (Å²) in [5, 5.41) is 4.05. The molecule has 1 N–H and O–H groups in total. The fourth-order valence-corrected chi connectivity index (χ4v) is 5.24. The molecule has 0 saturated carbocycles. The van der Waals surface area contributed by atoms with Crippen LogP contribution in [0.15, 0.2) is 79.0 Å². The van der Waals surface area contributed by atoms with Crippen molar-refractivity contribution in [2.24, 2.45) is 5.92 Å². The van der Waals surface area contributed by atoms with E-state index in [4.69, 9.17) is 0 Å². The van der Waals surface area contributed by atoms with Crippen LogP contribution >= 0.6 is 0 Å². The summed E-state index contributed by atoms with van der Waals surface area (Å²) in [6, 6.07) is 21.5. The number of carbonyl (C=O) groups is 1. The number of hydrogen-bond acceptors (Lipinski definition) is 2. The average Bonchev–Trinajstić information content (AvgIpc) is 3.27. The van der Waals surface area contributed by atoms with Gasteiger partial charge < -0.3 is 9.88 Å². The number of aromatic nitrogens is 1. The van der Waals surface area contributed by atoms with Gasteiger partial charge in [-0.2, -0.15) is 13.2 Å². The van der Waals surface area contributed by atoms with Crippen molar-refractivity contribution < 1.29 is 18.0 Å². The van der Waals surface area contributed by atoms with Gasteiger partial charge in [0, 0.05) is 35.4 Å². The Labute approximate surface area is 221 Å². The number of para-hydroxylation sites is 1. The van der Waals surface area contributed by atoms with Gasteiger partial charge in [-0.25, -0.2) is 0 Å². The van der Waals surface area contributed by atoms with E-state index < -0.39 is 11.7 Å². The number of likely N-dealkylation sites (tertiary alicyclic amines) is 1. The molecule has 0 aliphatic carbocycles. The number of anilines is 1. The normalized spacial score (nSPS) is 15.3. The maximum Gasteiger partial charge on any atom is 0.416 e. The monoisotopic (exact) mass is 519 g/mol. The third kappa shape index (κ3) is 5.63. The highest BCUT2D eigenvalue weighted by Gasteiger charge is 2.30. The zero-order valence-corrected chi connectivity index (χ0v) is 21.6. The molecule has 1 aromatic heterocycles. The van der Waals surface area contributed by atoms with Gasteiger partial charge in [0.15, 0.2) is 0 Å². The van der Waals surface area contributed by atoms with Crippen molar-refractivity contribution >= 4 is 22.5 Å². The number of piperidine rings is 1. The molecule has 0 atom stereocenters. The summed E-state index contributed by atoms with van der Waals surface area (Å²) in [4.78, 5) is 14.5. The van der Waals surface area contributed by atoms with E-state index in [0.717, 1.165) is 60.7 Å². The Morgan fingerprint density at radius 2 is 1.71 bits per heavy atom. The highest BCUT2D eigenvalue weighted by Crippen LogP contribution is 2.34. The van der Waals surface area contributed by atoms with Crippen LogP contribution in [0.25, 0.3) is 16.6 Å². The van der Waals surface area contributed by atoms with Crippen LogP contribution in [0.3, 0.4) is 0 Å². The van der Waals surface area contributed by atoms with Gasteiger partial charge in [-0.3, -0.25) is 9.69 Å². The van der Waals surface area contributed by atoms with Gasteiger partial charge in [0.1, 0.15) is 0 Å². The number of amides is 1. The van der Waals surface area contributed by atoms with E-state index in [1.165, 1.54) is 17.7 Å². The summed E-state index contributed by atoms with van der Waals surface area (Å²) in [5.41, 5.74) is 3.94. The van der Waals surface area contributed by atoms with E-state index in [2.05, 4.69) is 22.3 Å². The summed E-state index contributed by atoms with van der Waals surface area (Å²) in [6.45, 7) is 6.36. The topological polar surface area (TPSA) is 37.3 Å². The van der Waals surface area contributed by atoms with Crippen LogP contribution in [0, 0.1) is 5.92 Å². The smallest absolute Gasteiger partial charge is 0.326 e. The number of nitrogens with one attached hydrogen (secondary N) is 1. The zero-order chi connectivity index (χ0) is 26.9. The molecule has 4 aromatic rings. The minimum atomic E-state index is -4.38. The van der Waals surface area contributed by atoms with Crippen LogP contribution < -0.4 is 5.32 Å². The second-order valence-electron chi connectivity index (χ2n) is 10.4. The molecule has 0 unspecified atom stereocenters. The summed E-state index contributed by atoms with van der Waals surface area (Å²) >= 11 is 0. The lowest BCUT2D eigenvalue weighted by molar-refractivity contribution is -0.137. The first-order valence-electron chi connectivity index (χ1n) is 13.1. The van der Waals surface area contributed by atoms with Crippen molar-refractivity contribution in [1.29, 1.82) is 0 Å². The second-order valence-corrected chi connectivity index (χ2v) is 10.4. The maximum atomic E-state index is 13.3. The van der Waals surface area contributed by atoms with Gasteiger partial charge in [0.2, 0.25) is 5.91 Å². The van der Waals surface area contributed by atoms with Gasteiger partial charge in [-0.05, 0) is 79.4 Å². The average molecular weight is 520 g/mol. The van der Waals surface area contributed by atoms with E-state index >= 15 is 0 Å². The number of fused-ring (bicyclic) bond motifs is 1. The third-order valence-electron chi connectivity index (χ3n) is 7.38. The fourth-order valence-electron chi connectivity index (χ4n) is 5.24. The van der Waals surface area contributed by atoms with Crippen molar-refractivity contribution in [3.05, 3.63) is 95.7 Å². The van der Waals surface area contributed by atoms with Gasteiger partial charge >= 0.3 is 6.18 Å². The van der Waals surface area contributed by atoms with Crippen molar-refractivity contribution in [2.45, 2.75) is 45.3 Å². The largest absolute Gasteiger partial charge is 0.416 e. The van der Waals surface area contributed by atoms with Crippen molar-refractivity contribution in [1.82, 2.24) is 9.47 Å². The molecule has 1 aliphatic heterocycles. The lowest BCUT2D eigenvalue weighted by atomic mass is 9.89. The molecule has 4 nitrogen and oxygen atoms in total. The van der Waals surface area contributed by atoms with E-state index in [1.54, 1.807) is 6.07 Å². The first-order chi connectivity index (χ1) is 18.2. The van der Waals surface area contributed by atoms with Gasteiger partial charge in [-0.15, -0.1) is 0 Å². The molecule has 0 bridgehead atoms. The van der Waals surface area contributed by atoms with Crippen molar-refractivity contribution in [3.8, 4) is 5.69 Å². The molecule has 1 saturated heterocycles. The molecule has 2 heterocycles. The Balaban J connectivity index is 1.31. The molecule has 5 rings (SSSR count). The van der Waals surface area contributed by atoms with E-state index in [9.17, 15) is 18.0 Å². The molecule has 0 radical (unpaired) electrons. The standard InChI is InChI=1S/C31H32F3N3O/c1-21(2)30(38)35-26-9-5-7-23(17-26)22-13-15-36(16-14-22)19-24-20-37(29-12-4-3-11-28(24)29)27-10-6-8-25(18-27)31(32,33)34/h3-12,17-18,20-22H,13-16,19H2,1-2H3,(H,35,38). The predicted molar refractivity (Wildman–Crippen MR) is 145 cm³/mol. The minimum absolute atomic E-state index is 0.0151. The Kier molecular flexibility index (Phi) is 7.30. The zero-order valence-electron chi connectivity index (χ0n) is 21.6. The third-order valence-corrected chi connectivity index (χ3v) is 7.38. The molecule has 38 heavy (non-hydrogen) atoms. The molecule has 198 valence electrons. The number of nitrogens with zero attached hydrogens (tertiary/aromatic N) is 2. The van der Waals surface area contributed by atoms with E-state index in [0.29, 0.717) is 11.6 Å². The molecule has 3 aromatic carbocycles. The highest BCUT2D eigenvalue weighted by molar-refractivity contribution is 5.92. The van der Waals surface area contributed by atoms with E-state index in [-0.39, 0.29) is 11.8 Å². The van der Waals surface area contributed by atoms with Crippen LogP contribution in [0.2, 0.25) is 0 Å². The lowest BCUT2D eigenvalue weighted by Gasteiger charge is -2.32. The van der Waals surface area contributed by atoms with Crippen LogP contribution in [0.1, 0.15) is 49.3 Å². The molecule has 1 aliphatic rings. The number of hydrogen-bond donors (Lipinski definition) is 1. The van der Waals surface area contributed by atoms with Crippen LogP contribution in [-0.2, 0) is 17.5 Å². The SMILES string of the molecule is CC(C)C(=O)Nc1cccc(C2CCN(Cc3cn(-c4cccc(C(F)(F)F)c4)c4ccccc34)CC2)c1. The Hall–Kier alpha value is -3.58. The highest BCUT2D eigenvalue weighted by atomic mass is 19.4. The quantitative estimate of drug-likeness (QED) is 0.284. The van der Waals surface area contributed by atoms with Gasteiger partial charge in [0.25, 0.3) is 0 Å². The molecular formula is C31H32F3N3O. The molecule has 7 heteroatoms. The van der Waals surface area contributed by atoms with E-state index in [1.807, 2.05) is 61.0 Å². The molecular weight excluding hydrogens is 487 g/mol. The van der Waals surface area contributed by atoms with Gasteiger partial charge in [0.05, 0.1) is 11.1 Å². The Morgan fingerprint density at radius 1 is 0.974 bits per heavy atom. The predicted octanol–water partition coefficient (Wildman–Crippen LogP) is 7.62. The molecule has 1 amide bonds. The first-order valence-corrected chi connectivity index (χ1v) is 13.1. The Bertz CT molecular complexity index is 1430. The summed E-state index contributed by atoms with van der Waals surface area (Å²) in [7, 11) is 0. The molecule has 0 spiro atoms. The summed E-state index contributed by atoms with van der Waals surface area (Å²) in [5.74, 6) is 0.372.